The molecule has 5 aliphatic carbocycles. The second kappa shape index (κ2) is 15.8. The lowest BCUT2D eigenvalue weighted by Crippen LogP contribution is -2.81. The van der Waals surface area contributed by atoms with Gasteiger partial charge in [-0.3, -0.25) is 14.9 Å². The molecule has 6 aliphatic heterocycles. The third-order valence-electron chi connectivity index (χ3n) is 21.5. The predicted molar refractivity (Wildman–Crippen MR) is 254 cm³/mol. The molecule has 2 aromatic rings. The molecular formula is C58H72N2O9. The Morgan fingerprint density at radius 1 is 0.986 bits per heavy atom. The number of benzene rings is 1. The Labute approximate surface area is 407 Å². The molecule has 4 saturated carbocycles. The van der Waals surface area contributed by atoms with Gasteiger partial charge < -0.3 is 33.4 Å². The number of carbonyl (C=O) groups excluding carboxylic acids is 3. The van der Waals surface area contributed by atoms with E-state index >= 15 is 9.59 Å². The average Bonchev–Trinajstić information content (AvgIpc) is 3.58. The molecule has 11 aliphatic rings. The first-order valence-electron chi connectivity index (χ1n) is 27.0. The highest BCUT2D eigenvalue weighted by Crippen LogP contribution is 2.84. The standard InChI is InChI=1S/C58H72N2O9/c1-34(2)18-23-53(3)49-48(62)50(63)57-42-29-37(27-35-9-6-5-7-10-35)12-15-38(42)11-8-22-56(41-21-26-65-44(41)17-14-36-13-16-40-39(28-36)20-25-60-33-59-31-43(40)60)54(4,58(57)51(68-58)52(64)69-56)24-19-45(57)55(49)32-66-47(61)30-46(55)67-53/h5-7,9-10,20-21,25-26,34,36-40,42-43,45-46,49-51,59,63H,12-19,22-24,27-33H2,1-4H3. The molecule has 0 radical (unpaired) electrons. The second-order valence-electron chi connectivity index (χ2n) is 24.8. The van der Waals surface area contributed by atoms with Crippen molar-refractivity contribution in [2.45, 2.75) is 165 Å². The normalized spacial score (nSPS) is 47.6. The molecule has 7 heterocycles. The molecular weight excluding hydrogens is 869 g/mol. The van der Waals surface area contributed by atoms with E-state index in [1.54, 1.807) is 6.26 Å². The lowest BCUT2D eigenvalue weighted by Gasteiger charge is -2.71. The minimum Gasteiger partial charge on any atom is -0.469 e. The summed E-state index contributed by atoms with van der Waals surface area (Å²) in [4.78, 5) is 47.5. The maximum absolute atomic E-state index is 16.2. The van der Waals surface area contributed by atoms with Gasteiger partial charge in [-0.2, -0.15) is 0 Å². The number of carbonyl (C=O) groups is 3. The monoisotopic (exact) mass is 941 g/mol. The molecule has 11 nitrogen and oxygen atoms in total. The summed E-state index contributed by atoms with van der Waals surface area (Å²) in [5, 5.41) is 17.5. The van der Waals surface area contributed by atoms with E-state index in [0.717, 1.165) is 63.1 Å². The maximum atomic E-state index is 16.2. The Hall–Kier alpha value is -3.95. The number of hydrogen-bond acceptors (Lipinski definition) is 11. The summed E-state index contributed by atoms with van der Waals surface area (Å²) in [5.41, 5.74) is -4.55. The molecule has 1 aromatic carbocycles. The number of esters is 2. The predicted octanol–water partition coefficient (Wildman–Crippen LogP) is 8.06. The van der Waals surface area contributed by atoms with Crippen LogP contribution in [-0.2, 0) is 51.8 Å². The van der Waals surface area contributed by atoms with Gasteiger partial charge in [-0.25, -0.2) is 4.79 Å². The van der Waals surface area contributed by atoms with Crippen molar-refractivity contribution in [2.24, 2.45) is 69.5 Å². The molecule has 0 amide bonds. The Balaban J connectivity index is 0.940. The highest BCUT2D eigenvalue weighted by Gasteiger charge is 2.95. The van der Waals surface area contributed by atoms with Gasteiger partial charge in [0.05, 0.1) is 43.4 Å². The Kier molecular flexibility index (Phi) is 10.3. The number of Topliss-reactive ketones (excluding diaryl/α,β-unsaturated/α-hetero) is 1. The summed E-state index contributed by atoms with van der Waals surface area (Å²) in [7, 11) is 0. The number of nitrogens with zero attached hydrogens (tertiary/aromatic N) is 1. The number of cyclic esters (lactones) is 1. The third kappa shape index (κ3) is 5.98. The van der Waals surface area contributed by atoms with Gasteiger partial charge in [0, 0.05) is 46.7 Å². The van der Waals surface area contributed by atoms with Crippen LogP contribution in [0, 0.1) is 81.3 Å². The number of rotatable bonds is 9. The molecule has 2 N–H and O–H groups in total. The highest BCUT2D eigenvalue weighted by molar-refractivity contribution is 5.92. The van der Waals surface area contributed by atoms with Gasteiger partial charge in [0.25, 0.3) is 0 Å². The first-order valence-corrected chi connectivity index (χ1v) is 27.0. The van der Waals surface area contributed by atoms with Gasteiger partial charge in [-0.05, 0) is 137 Å². The van der Waals surface area contributed by atoms with Crippen LogP contribution in [0.5, 0.6) is 0 Å². The molecule has 3 spiro atoms. The number of furan rings is 1. The Morgan fingerprint density at radius 3 is 2.67 bits per heavy atom. The van der Waals surface area contributed by atoms with E-state index in [1.165, 1.54) is 18.4 Å². The number of nitrogens with one attached hydrogen (secondary N) is 1. The summed E-state index contributed by atoms with van der Waals surface area (Å²) in [6.45, 7) is 10.7. The molecule has 13 rings (SSSR count). The van der Waals surface area contributed by atoms with Crippen LogP contribution in [0.15, 0.2) is 59.4 Å². The average molecular weight is 941 g/mol. The van der Waals surface area contributed by atoms with Crippen molar-refractivity contribution >= 4 is 17.7 Å². The number of aliphatic hydroxyl groups excluding tert-OH is 1. The third-order valence-corrected chi connectivity index (χ3v) is 21.5. The van der Waals surface area contributed by atoms with Gasteiger partial charge >= 0.3 is 11.9 Å². The molecule has 9 fully saturated rings. The van der Waals surface area contributed by atoms with E-state index in [4.69, 9.17) is 23.4 Å². The van der Waals surface area contributed by atoms with Crippen LogP contribution >= 0.6 is 0 Å². The number of ether oxygens (including phenoxy) is 4. The maximum Gasteiger partial charge on any atom is 0.339 e. The van der Waals surface area contributed by atoms with Crippen molar-refractivity contribution in [3.63, 3.8) is 0 Å². The van der Waals surface area contributed by atoms with E-state index in [1.807, 2.05) is 13.0 Å². The number of aliphatic hydroxyl groups is 1. The molecule has 69 heavy (non-hydrogen) atoms. The van der Waals surface area contributed by atoms with Crippen LogP contribution in [0.2, 0.25) is 0 Å². The topological polar surface area (TPSA) is 140 Å². The minimum absolute atomic E-state index is 0.0348. The van der Waals surface area contributed by atoms with Crippen molar-refractivity contribution in [3.05, 3.63) is 71.8 Å². The first-order chi connectivity index (χ1) is 33.3. The van der Waals surface area contributed by atoms with E-state index < -0.39 is 63.2 Å². The summed E-state index contributed by atoms with van der Waals surface area (Å²) in [6, 6.07) is 13.2. The molecule has 1 aromatic heterocycles. The van der Waals surface area contributed by atoms with Crippen molar-refractivity contribution in [3.8, 4) is 11.8 Å². The fraction of sp³-hybridized carbons (Fsp3) is 0.707. The fourth-order valence-corrected chi connectivity index (χ4v) is 18.7. The zero-order valence-electron chi connectivity index (χ0n) is 41.1. The summed E-state index contributed by atoms with van der Waals surface area (Å²) < 4.78 is 34.4. The Bertz CT molecular complexity index is 2510. The number of epoxide rings is 1. The first kappa shape index (κ1) is 45.0. The van der Waals surface area contributed by atoms with Crippen molar-refractivity contribution in [2.75, 3.05) is 19.8 Å². The largest absolute Gasteiger partial charge is 0.469 e. The number of aryl methyl sites for hydroxylation is 1. The minimum atomic E-state index is -1.48. The second-order valence-corrected chi connectivity index (χ2v) is 24.8. The van der Waals surface area contributed by atoms with Crippen molar-refractivity contribution < 1.29 is 42.9 Å². The molecule has 4 bridgehead atoms. The van der Waals surface area contributed by atoms with Crippen molar-refractivity contribution in [1.82, 2.24) is 10.2 Å². The SMILES string of the molecule is CC(C)CCC1(C)OC2CC(=O)OCC23C1C(=O)C(O)C12C4CC(Cc5ccccc5)CCC4C#CCC4(c5ccoc5CCC5CCC6C(C=CN7CNCC67)C5)OC(=O)C5OC51C4(C)CCC32. The van der Waals surface area contributed by atoms with Crippen LogP contribution < -0.4 is 5.32 Å². The Morgan fingerprint density at radius 2 is 1.83 bits per heavy atom. The zero-order chi connectivity index (χ0) is 47.3. The van der Waals surface area contributed by atoms with Gasteiger partial charge in [0.15, 0.2) is 17.5 Å². The van der Waals surface area contributed by atoms with Crippen LogP contribution in [0.1, 0.15) is 128 Å². The zero-order valence-corrected chi connectivity index (χ0v) is 41.1. The number of allylic oxidation sites excluding steroid dienone is 1. The quantitative estimate of drug-likeness (QED) is 0.143. The van der Waals surface area contributed by atoms with Gasteiger partial charge in [-0.1, -0.05) is 75.4 Å². The van der Waals surface area contributed by atoms with Gasteiger partial charge in [0.2, 0.25) is 0 Å². The summed E-state index contributed by atoms with van der Waals surface area (Å²) in [5.74, 6) is 8.17. The van der Waals surface area contributed by atoms with Crippen LogP contribution in [-0.4, -0.2) is 83.1 Å². The van der Waals surface area contributed by atoms with Gasteiger partial charge in [0.1, 0.15) is 24.1 Å². The lowest BCUT2D eigenvalue weighted by molar-refractivity contribution is -0.295. The van der Waals surface area contributed by atoms with Gasteiger partial charge in [-0.15, -0.1) is 0 Å². The van der Waals surface area contributed by atoms with Crippen molar-refractivity contribution in [1.29, 1.82) is 0 Å². The molecule has 5 saturated heterocycles. The molecule has 11 heteroatoms. The molecule has 368 valence electrons. The number of hydrogen-bond donors (Lipinski definition) is 2. The highest BCUT2D eigenvalue weighted by atomic mass is 16.7. The molecule has 18 unspecified atom stereocenters. The van der Waals surface area contributed by atoms with Crippen LogP contribution in [0.25, 0.3) is 0 Å². The van der Waals surface area contributed by atoms with E-state index in [-0.39, 0.29) is 54.9 Å². The number of fused-ring (bicyclic) bond motifs is 4. The lowest BCUT2D eigenvalue weighted by atomic mass is 9.31. The fourth-order valence-electron chi connectivity index (χ4n) is 18.7. The summed E-state index contributed by atoms with van der Waals surface area (Å²) in [6.07, 6.45) is 15.0. The van der Waals surface area contributed by atoms with Crippen LogP contribution in [0.4, 0.5) is 0 Å². The summed E-state index contributed by atoms with van der Waals surface area (Å²) >= 11 is 0. The smallest absolute Gasteiger partial charge is 0.339 e. The van der Waals surface area contributed by atoms with E-state index in [9.17, 15) is 9.90 Å². The van der Waals surface area contributed by atoms with E-state index in [2.05, 4.69) is 85.4 Å². The molecule has 18 atom stereocenters. The van der Waals surface area contributed by atoms with Crippen LogP contribution in [0.3, 0.4) is 0 Å². The number of ketones is 1. The van der Waals surface area contributed by atoms with E-state index in [0.29, 0.717) is 61.8 Å².